The van der Waals surface area contributed by atoms with E-state index in [-0.39, 0.29) is 26.7 Å². The van der Waals surface area contributed by atoms with Crippen molar-refractivity contribution in [2.24, 2.45) is 12.8 Å². The molecule has 0 unspecified atom stereocenters. The van der Waals surface area contributed by atoms with Crippen LogP contribution in [0.1, 0.15) is 62.3 Å². The molecule has 0 aliphatic heterocycles. The number of fused-ring (bicyclic) bond motifs is 1. The monoisotopic (exact) mass is 493 g/mol. The number of primary amides is 1. The van der Waals surface area contributed by atoms with E-state index >= 15 is 0 Å². The van der Waals surface area contributed by atoms with Crippen LogP contribution in [0.5, 0.6) is 0 Å². The predicted molar refractivity (Wildman–Crippen MR) is 106 cm³/mol. The van der Waals surface area contributed by atoms with Gasteiger partial charge in [-0.2, -0.15) is 18.3 Å². The van der Waals surface area contributed by atoms with Gasteiger partial charge in [0.1, 0.15) is 26.1 Å². The lowest BCUT2D eigenvalue weighted by molar-refractivity contribution is -0.141. The smallest absolute Gasteiger partial charge is 0.365 e. The first-order valence-electron chi connectivity index (χ1n) is 9.06. The molecule has 32 heavy (non-hydrogen) atoms. The zero-order valence-corrected chi connectivity index (χ0v) is 17.6. The molecule has 0 aromatic carbocycles. The van der Waals surface area contributed by atoms with Crippen LogP contribution in [0.3, 0.4) is 0 Å². The number of anilines is 1. The Labute approximate surface area is 185 Å². The Balaban J connectivity index is 1.86. The van der Waals surface area contributed by atoms with Gasteiger partial charge in [-0.25, -0.2) is 13.8 Å². The van der Waals surface area contributed by atoms with Crippen molar-refractivity contribution in [2.75, 3.05) is 5.32 Å². The largest absolute Gasteiger partial charge is 0.436 e. The van der Waals surface area contributed by atoms with Crippen LogP contribution in [-0.4, -0.2) is 26.6 Å². The molecule has 170 valence electrons. The summed E-state index contributed by atoms with van der Waals surface area (Å²) >= 11 is 6.48. The van der Waals surface area contributed by atoms with E-state index in [1.807, 2.05) is 0 Å². The number of amides is 2. The van der Waals surface area contributed by atoms with Crippen molar-refractivity contribution < 1.29 is 31.5 Å². The van der Waals surface area contributed by atoms with Crippen molar-refractivity contribution in [3.63, 3.8) is 0 Å². The summed E-state index contributed by atoms with van der Waals surface area (Å²) in [5.41, 5.74) is 3.22. The number of nitrogens with one attached hydrogen (secondary N) is 1. The maximum Gasteiger partial charge on any atom is 0.436 e. The number of carbonyl (C=O) groups is 2. The molecule has 4 rings (SSSR count). The van der Waals surface area contributed by atoms with Crippen LogP contribution < -0.4 is 11.1 Å². The van der Waals surface area contributed by atoms with Gasteiger partial charge in [-0.3, -0.25) is 14.3 Å². The minimum absolute atomic E-state index is 0.0564. The Morgan fingerprint density at radius 1 is 1.34 bits per heavy atom. The lowest BCUT2D eigenvalue weighted by Gasteiger charge is -2.10. The second kappa shape index (κ2) is 7.66. The number of hydrogen-bond acceptors (Lipinski definition) is 5. The molecular weight excluding hydrogens is 481 g/mol. The third kappa shape index (κ3) is 3.79. The summed E-state index contributed by atoms with van der Waals surface area (Å²) in [5.74, 6) is -2.13. The second-order valence-corrected chi connectivity index (χ2v) is 8.53. The van der Waals surface area contributed by atoms with Gasteiger partial charge in [0.25, 0.3) is 18.2 Å². The molecule has 0 spiro atoms. The van der Waals surface area contributed by atoms with Gasteiger partial charge in [0.2, 0.25) is 0 Å². The molecule has 14 heteroatoms. The van der Waals surface area contributed by atoms with Crippen LogP contribution in [-0.2, 0) is 13.2 Å². The van der Waals surface area contributed by atoms with Gasteiger partial charge >= 0.3 is 6.18 Å². The highest BCUT2D eigenvalue weighted by Gasteiger charge is 2.40. The van der Waals surface area contributed by atoms with Crippen LogP contribution in [0.4, 0.5) is 27.6 Å². The highest BCUT2D eigenvalue weighted by molar-refractivity contribution is 7.21. The van der Waals surface area contributed by atoms with Gasteiger partial charge in [-0.15, -0.1) is 11.3 Å². The summed E-state index contributed by atoms with van der Waals surface area (Å²) in [7, 11) is 1.10. The Kier molecular flexibility index (Phi) is 5.36. The average Bonchev–Trinajstić information content (AvgIpc) is 3.39. The molecule has 0 radical (unpaired) electrons. The summed E-state index contributed by atoms with van der Waals surface area (Å²) in [4.78, 5) is 28.6. The maximum atomic E-state index is 13.3. The number of carbonyl (C=O) groups excluding carboxylic acids is 2. The number of hydrogen-bond donors (Lipinski definition) is 2. The van der Waals surface area contributed by atoms with Crippen molar-refractivity contribution in [3.05, 3.63) is 38.6 Å². The fraction of sp³-hybridized carbons (Fsp3) is 0.333. The number of halogens is 6. The zero-order valence-electron chi connectivity index (χ0n) is 16.1. The maximum absolute atomic E-state index is 13.3. The molecule has 0 saturated heterocycles. The van der Waals surface area contributed by atoms with Crippen LogP contribution >= 0.6 is 22.9 Å². The van der Waals surface area contributed by atoms with Crippen molar-refractivity contribution in [2.45, 2.75) is 31.4 Å². The molecule has 3 N–H and O–H groups in total. The highest BCUT2D eigenvalue weighted by Crippen LogP contribution is 2.48. The normalized spacial score (nSPS) is 14.4. The van der Waals surface area contributed by atoms with E-state index in [2.05, 4.69) is 15.4 Å². The summed E-state index contributed by atoms with van der Waals surface area (Å²) in [6.45, 7) is 0. The van der Waals surface area contributed by atoms with Crippen LogP contribution in [0.15, 0.2) is 6.07 Å². The third-order valence-corrected chi connectivity index (χ3v) is 6.34. The highest BCUT2D eigenvalue weighted by atomic mass is 35.5. The van der Waals surface area contributed by atoms with E-state index in [0.29, 0.717) is 34.4 Å². The SMILES string of the molecule is Cn1nc(C(F)(F)F)c(Cl)c1C(=O)Nc1c(C(N)=O)sc2nc(C(F)F)cc(C3CC3)c12. The van der Waals surface area contributed by atoms with E-state index < -0.39 is 46.5 Å². The molecule has 1 saturated carbocycles. The fourth-order valence-corrected chi connectivity index (χ4v) is 4.74. The van der Waals surface area contributed by atoms with Crippen molar-refractivity contribution >= 4 is 50.7 Å². The Hall–Kier alpha value is -2.80. The molecule has 7 nitrogen and oxygen atoms in total. The predicted octanol–water partition coefficient (Wildman–Crippen LogP) is 4.87. The van der Waals surface area contributed by atoms with Gasteiger partial charge in [0.15, 0.2) is 5.69 Å². The molecule has 0 atom stereocenters. The molecule has 1 aliphatic rings. The van der Waals surface area contributed by atoms with Crippen molar-refractivity contribution in [1.29, 1.82) is 0 Å². The third-order valence-electron chi connectivity index (χ3n) is 4.89. The van der Waals surface area contributed by atoms with Crippen molar-refractivity contribution in [1.82, 2.24) is 14.8 Å². The van der Waals surface area contributed by atoms with Gasteiger partial charge in [-0.05, 0) is 30.4 Å². The summed E-state index contributed by atoms with van der Waals surface area (Å²) < 4.78 is 66.6. The van der Waals surface area contributed by atoms with Gasteiger partial charge < -0.3 is 11.1 Å². The molecule has 3 heterocycles. The van der Waals surface area contributed by atoms with Gasteiger partial charge in [0.05, 0.1) is 5.69 Å². The van der Waals surface area contributed by atoms with Crippen LogP contribution in [0, 0.1) is 0 Å². The number of nitrogens with two attached hydrogens (primary N) is 1. The van der Waals surface area contributed by atoms with E-state index in [0.717, 1.165) is 7.05 Å². The summed E-state index contributed by atoms with van der Waals surface area (Å²) in [5, 5.41) is 4.96. The number of pyridine rings is 1. The zero-order chi connectivity index (χ0) is 23.5. The van der Waals surface area contributed by atoms with E-state index in [1.54, 1.807) is 0 Å². The number of thiophene rings is 1. The molecular formula is C18H13ClF5N5O2S. The second-order valence-electron chi connectivity index (χ2n) is 7.15. The van der Waals surface area contributed by atoms with Crippen LogP contribution in [0.2, 0.25) is 5.02 Å². The van der Waals surface area contributed by atoms with E-state index in [4.69, 9.17) is 17.3 Å². The molecule has 3 aromatic heterocycles. The standard InChI is InChI=1S/C18H13ClF5N5O2S/c1-29-11(9(19)13(28-29)18(22,23)24)16(31)27-10-8-6(5-2-3-5)4-7(14(20)21)26-17(8)32-12(10)15(25)30/h4-5,14H,2-3H2,1H3,(H2,25,30)(H,27,31). The number of aromatic nitrogens is 3. The first-order valence-corrected chi connectivity index (χ1v) is 10.3. The first kappa shape index (κ1) is 22.4. The van der Waals surface area contributed by atoms with Crippen molar-refractivity contribution in [3.8, 4) is 0 Å². The lowest BCUT2D eigenvalue weighted by Crippen LogP contribution is -2.19. The fourth-order valence-electron chi connectivity index (χ4n) is 3.37. The minimum Gasteiger partial charge on any atom is -0.365 e. The number of rotatable bonds is 5. The minimum atomic E-state index is -4.89. The molecule has 1 fully saturated rings. The number of aryl methyl sites for hydroxylation is 1. The summed E-state index contributed by atoms with van der Waals surface area (Å²) in [6, 6.07) is 1.20. The molecule has 0 bridgehead atoms. The van der Waals surface area contributed by atoms with Gasteiger partial charge in [0, 0.05) is 12.4 Å². The lowest BCUT2D eigenvalue weighted by atomic mass is 10.0. The van der Waals surface area contributed by atoms with E-state index in [9.17, 15) is 31.5 Å². The summed E-state index contributed by atoms with van der Waals surface area (Å²) in [6.07, 6.45) is -6.34. The number of alkyl halides is 5. The van der Waals surface area contributed by atoms with Crippen LogP contribution in [0.25, 0.3) is 10.2 Å². The molecule has 3 aromatic rings. The van der Waals surface area contributed by atoms with Gasteiger partial charge in [-0.1, -0.05) is 11.6 Å². The molecule has 2 amide bonds. The number of nitrogens with zero attached hydrogens (tertiary/aromatic N) is 3. The Bertz CT molecular complexity index is 1270. The topological polar surface area (TPSA) is 103 Å². The Morgan fingerprint density at radius 2 is 2.00 bits per heavy atom. The quantitative estimate of drug-likeness (QED) is 0.495. The Morgan fingerprint density at radius 3 is 2.50 bits per heavy atom. The average molecular weight is 494 g/mol. The molecule has 1 aliphatic carbocycles. The van der Waals surface area contributed by atoms with E-state index in [1.165, 1.54) is 6.07 Å². The first-order chi connectivity index (χ1) is 14.9.